The molecule has 4 heteroatoms. The summed E-state index contributed by atoms with van der Waals surface area (Å²) in [4.78, 5) is 0. The van der Waals surface area contributed by atoms with Crippen LogP contribution in [0.5, 0.6) is 0 Å². The van der Waals surface area contributed by atoms with Crippen molar-refractivity contribution in [2.75, 3.05) is 0 Å². The third kappa shape index (κ3) is 10.5. The van der Waals surface area contributed by atoms with Crippen LogP contribution >= 0.6 is 0 Å². The van der Waals surface area contributed by atoms with Crippen LogP contribution in [0.4, 0.5) is 0 Å². The summed E-state index contributed by atoms with van der Waals surface area (Å²) < 4.78 is 0. The van der Waals surface area contributed by atoms with Crippen molar-refractivity contribution < 1.29 is 52.2 Å². The first-order chi connectivity index (χ1) is 0. The molecule has 0 aromatic heterocycles. The van der Waals surface area contributed by atoms with Crippen molar-refractivity contribution in [1.82, 2.24) is 0 Å². The van der Waals surface area contributed by atoms with Crippen molar-refractivity contribution in [3.63, 3.8) is 0 Å². The first-order valence-corrected chi connectivity index (χ1v) is 0. The molecular weight excluding hydrogens is 132 g/mol. The summed E-state index contributed by atoms with van der Waals surface area (Å²) in [5.41, 5.74) is 0. The van der Waals surface area contributed by atoms with Crippen molar-refractivity contribution >= 4 is 0 Å². The van der Waals surface area contributed by atoms with Gasteiger partial charge in [0.15, 0.2) is 0 Å². The van der Waals surface area contributed by atoms with Gasteiger partial charge in [0, 0.05) is 0 Å². The van der Waals surface area contributed by atoms with Crippen molar-refractivity contribution in [3.8, 4) is 0 Å². The Kier molecular flexibility index (Phi) is 430. The van der Waals surface area contributed by atoms with E-state index >= 15 is 0 Å². The molecule has 0 radical (unpaired) electrons. The molecule has 0 saturated carbocycles. The Hall–Kier alpha value is 1.26. The maximum absolute atomic E-state index is 0. The Morgan fingerprint density at radius 2 is 0.750 bits per heavy atom. The molecule has 0 amide bonds. The summed E-state index contributed by atoms with van der Waals surface area (Å²) in [6.45, 7) is 0. The van der Waals surface area contributed by atoms with E-state index in [9.17, 15) is 0 Å². The normalized spacial score (nSPS) is 0. The molecule has 0 aliphatic carbocycles. The van der Waals surface area contributed by atoms with Gasteiger partial charge in [0.05, 0.1) is 0 Å². The Labute approximate surface area is 52.3 Å². The van der Waals surface area contributed by atoms with Crippen molar-refractivity contribution in [1.29, 1.82) is 0 Å². The van der Waals surface area contributed by atoms with Crippen molar-refractivity contribution in [2.45, 2.75) is 0 Å². The summed E-state index contributed by atoms with van der Waals surface area (Å²) in [6, 6.07) is 0. The van der Waals surface area contributed by atoms with E-state index in [-0.39, 0.29) is 52.2 Å². The Morgan fingerprint density at radius 3 is 0.750 bits per heavy atom. The van der Waals surface area contributed by atoms with Crippen LogP contribution < -0.4 is 18.9 Å². The predicted molar refractivity (Wildman–Crippen MR) is 1.37 cm³/mol. The van der Waals surface area contributed by atoms with Crippen LogP contribution in [0, 0.1) is 0 Å². The summed E-state index contributed by atoms with van der Waals surface area (Å²) in [5, 5.41) is 0. The fourth-order valence-electron chi connectivity index (χ4n) is 0. The summed E-state index contributed by atoms with van der Waals surface area (Å²) in [7, 11) is 0. The van der Waals surface area contributed by atoms with Crippen LogP contribution in [0.25, 0.3) is 0 Å². The van der Waals surface area contributed by atoms with Gasteiger partial charge in [-0.25, -0.2) is 0 Å². The molecule has 0 aromatic carbocycles. The van der Waals surface area contributed by atoms with E-state index in [0.29, 0.717) is 0 Å². The molecule has 0 spiro atoms. The number of hydrogen-bond donors (Lipinski definition) is 0. The van der Waals surface area contributed by atoms with Gasteiger partial charge in [-0.05, 0) is 0 Å². The van der Waals surface area contributed by atoms with Gasteiger partial charge in [0.2, 0.25) is 0 Å². The molecule has 0 aliphatic heterocycles. The predicted octanol–water partition coefficient (Wildman–Crippen LogP) is -3.24. The fourth-order valence-corrected chi connectivity index (χ4v) is 0. The Balaban J connectivity index is 0. The van der Waals surface area contributed by atoms with Crippen LogP contribution in [0.15, 0.2) is 0 Å². The topological polar surface area (TPSA) is 57.0 Å². The maximum atomic E-state index is 0. The van der Waals surface area contributed by atoms with Crippen LogP contribution in [0.1, 0.15) is 0 Å². The average Bonchev–Trinajstić information content (AvgIpc) is 0. The second-order valence-electron chi connectivity index (χ2n) is 0. The second-order valence-corrected chi connectivity index (χ2v) is 0. The van der Waals surface area contributed by atoms with Crippen LogP contribution in [0.3, 0.4) is 0 Å². The first-order valence-electron chi connectivity index (χ1n) is 0. The summed E-state index contributed by atoms with van der Waals surface area (Å²) in [5.74, 6) is 0. The van der Waals surface area contributed by atoms with E-state index in [1.165, 1.54) is 0 Å². The molecule has 4 heavy (non-hydrogen) atoms. The van der Waals surface area contributed by atoms with Crippen LogP contribution in [0.2, 0.25) is 0 Å². The largest absolute Gasteiger partial charge is 5.00 e. The molecule has 0 rings (SSSR count). The Morgan fingerprint density at radius 1 is 0.750 bits per heavy atom. The summed E-state index contributed by atoms with van der Waals surface area (Å²) >= 11 is 0. The molecule has 0 N–H and O–H groups in total. The van der Waals surface area contributed by atoms with Crippen molar-refractivity contribution in [3.05, 3.63) is 0 Å². The van der Waals surface area contributed by atoms with Gasteiger partial charge >= 0.3 is 41.2 Å². The molecule has 0 heterocycles. The molecular formula is LiNbO2+2. The quantitative estimate of drug-likeness (QED) is 0.311. The average molecular weight is 132 g/mol. The minimum atomic E-state index is 0. The molecule has 0 unspecified atom stereocenters. The Bertz CT molecular complexity index is 6.00. The van der Waals surface area contributed by atoms with Crippen molar-refractivity contribution in [2.24, 2.45) is 0 Å². The van der Waals surface area contributed by atoms with E-state index in [0.717, 1.165) is 0 Å². The third-order valence-electron chi connectivity index (χ3n) is 0. The smallest absolute Gasteiger partial charge is 2.00 e. The maximum Gasteiger partial charge on any atom is 5.00 e. The third-order valence-corrected chi connectivity index (χ3v) is 0. The van der Waals surface area contributed by atoms with E-state index in [1.807, 2.05) is 0 Å². The SMILES string of the molecule is [Li+].[Nb+5].[O-2].[O-2]. The molecule has 16 valence electrons. The minimum absolute atomic E-state index is 0. The van der Waals surface area contributed by atoms with Crippen LogP contribution in [-0.2, 0) is 33.3 Å². The van der Waals surface area contributed by atoms with Gasteiger partial charge in [0.1, 0.15) is 0 Å². The summed E-state index contributed by atoms with van der Waals surface area (Å²) in [6.07, 6.45) is 0. The van der Waals surface area contributed by atoms with Gasteiger partial charge in [-0.1, -0.05) is 0 Å². The fraction of sp³-hybridized carbons (Fsp3) is 0. The minimum Gasteiger partial charge on any atom is -2.00 e. The standard InChI is InChI=1S/Li.Nb.2O/q+1;+5;2*-2. The molecule has 0 saturated heterocycles. The zero-order chi connectivity index (χ0) is 0. The molecule has 0 atom stereocenters. The van der Waals surface area contributed by atoms with Gasteiger partial charge in [-0.2, -0.15) is 0 Å². The monoisotopic (exact) mass is 132 g/mol. The molecule has 0 bridgehead atoms. The molecule has 0 aliphatic rings. The van der Waals surface area contributed by atoms with Gasteiger partial charge in [0.25, 0.3) is 0 Å². The van der Waals surface area contributed by atoms with E-state index in [4.69, 9.17) is 0 Å². The van der Waals surface area contributed by atoms with E-state index in [2.05, 4.69) is 0 Å². The van der Waals surface area contributed by atoms with Gasteiger partial charge < -0.3 is 11.0 Å². The van der Waals surface area contributed by atoms with Gasteiger partial charge in [-0.15, -0.1) is 0 Å². The number of hydrogen-bond acceptors (Lipinski definition) is 0. The first kappa shape index (κ1) is 60.3. The molecule has 0 fully saturated rings. The zero-order valence-corrected chi connectivity index (χ0v) is 4.46. The second kappa shape index (κ2) is 28.6. The molecule has 2 nitrogen and oxygen atoms in total. The van der Waals surface area contributed by atoms with Crippen LogP contribution in [-0.4, -0.2) is 0 Å². The number of rotatable bonds is 0. The van der Waals surface area contributed by atoms with E-state index < -0.39 is 0 Å². The van der Waals surface area contributed by atoms with E-state index in [1.54, 1.807) is 0 Å². The molecule has 0 aromatic rings. The zero-order valence-electron chi connectivity index (χ0n) is 2.26. The van der Waals surface area contributed by atoms with Gasteiger partial charge in [-0.3, -0.25) is 0 Å².